The summed E-state index contributed by atoms with van der Waals surface area (Å²) < 4.78 is 5.13. The molecule has 0 saturated carbocycles. The fourth-order valence-electron chi connectivity index (χ4n) is 1.63. The van der Waals surface area contributed by atoms with E-state index >= 15 is 0 Å². The molecule has 4 nitrogen and oxygen atoms in total. The van der Waals surface area contributed by atoms with Crippen LogP contribution in [-0.2, 0) is 12.8 Å². The molecule has 1 rings (SSSR count). The van der Waals surface area contributed by atoms with Crippen LogP contribution in [0.5, 0.6) is 0 Å². The molecule has 0 aromatic carbocycles. The second-order valence-electron chi connectivity index (χ2n) is 4.43. The van der Waals surface area contributed by atoms with Gasteiger partial charge in [-0.15, -0.1) is 0 Å². The Hall–Kier alpha value is -1.32. The van der Waals surface area contributed by atoms with Crippen molar-refractivity contribution >= 4 is 5.97 Å². The van der Waals surface area contributed by atoms with Gasteiger partial charge in [0.25, 0.3) is 0 Å². The quantitative estimate of drug-likeness (QED) is 0.808. The molecule has 1 aromatic heterocycles. The number of aromatic carboxylic acids is 1. The molecule has 1 heterocycles. The smallest absolute Gasteiger partial charge is 0.341 e. The summed E-state index contributed by atoms with van der Waals surface area (Å²) in [7, 11) is 0. The third kappa shape index (κ3) is 3.08. The molecule has 1 aromatic rings. The molecule has 0 aliphatic rings. The number of nitrogens with zero attached hydrogens (tertiary/aromatic N) is 1. The molecule has 0 aliphatic heterocycles. The average Bonchev–Trinajstić information content (AvgIpc) is 2.56. The summed E-state index contributed by atoms with van der Waals surface area (Å²) in [5, 5.41) is 13.0. The summed E-state index contributed by atoms with van der Waals surface area (Å²) in [5.74, 6) is -0.0540. The lowest BCUT2D eigenvalue weighted by Crippen LogP contribution is -2.05. The molecule has 0 unspecified atom stereocenters. The Labute approximate surface area is 95.6 Å². The molecule has 1 N–H and O–H groups in total. The minimum atomic E-state index is -0.928. The predicted molar refractivity (Wildman–Crippen MR) is 60.6 cm³/mol. The lowest BCUT2D eigenvalue weighted by atomic mass is 10.0. The van der Waals surface area contributed by atoms with Gasteiger partial charge in [-0.1, -0.05) is 32.3 Å². The number of carboxylic acid groups (broad SMARTS) is 1. The fourth-order valence-corrected chi connectivity index (χ4v) is 1.63. The van der Waals surface area contributed by atoms with Crippen molar-refractivity contribution < 1.29 is 14.4 Å². The molecule has 0 fully saturated rings. The van der Waals surface area contributed by atoms with Crippen molar-refractivity contribution in [3.63, 3.8) is 0 Å². The summed E-state index contributed by atoms with van der Waals surface area (Å²) in [6.07, 6.45) is 3.26. The van der Waals surface area contributed by atoms with Crippen LogP contribution in [0.15, 0.2) is 4.52 Å². The Morgan fingerprint density at radius 2 is 2.19 bits per heavy atom. The van der Waals surface area contributed by atoms with Crippen molar-refractivity contribution in [1.29, 1.82) is 0 Å². The van der Waals surface area contributed by atoms with Gasteiger partial charge in [-0.3, -0.25) is 0 Å². The normalized spacial score (nSPS) is 11.0. The van der Waals surface area contributed by atoms with Crippen LogP contribution in [0.25, 0.3) is 0 Å². The van der Waals surface area contributed by atoms with Crippen LogP contribution in [0.1, 0.15) is 55.4 Å². The van der Waals surface area contributed by atoms with E-state index in [2.05, 4.69) is 12.1 Å². The average molecular weight is 225 g/mol. The largest absolute Gasteiger partial charge is 0.477 e. The van der Waals surface area contributed by atoms with Gasteiger partial charge in [-0.2, -0.15) is 0 Å². The van der Waals surface area contributed by atoms with Gasteiger partial charge in [0.15, 0.2) is 5.76 Å². The van der Waals surface area contributed by atoms with E-state index in [9.17, 15) is 4.79 Å². The zero-order chi connectivity index (χ0) is 12.1. The third-order valence-electron chi connectivity index (χ3n) is 2.41. The van der Waals surface area contributed by atoms with Gasteiger partial charge in [0.1, 0.15) is 5.56 Å². The fraction of sp³-hybridized carbons (Fsp3) is 0.667. The van der Waals surface area contributed by atoms with E-state index in [-0.39, 0.29) is 5.56 Å². The van der Waals surface area contributed by atoms with Gasteiger partial charge < -0.3 is 9.63 Å². The van der Waals surface area contributed by atoms with Crippen LogP contribution in [0.4, 0.5) is 0 Å². The molecular weight excluding hydrogens is 206 g/mol. The first-order chi connectivity index (χ1) is 7.56. The Balaban J connectivity index is 2.92. The summed E-state index contributed by atoms with van der Waals surface area (Å²) in [6.45, 7) is 6.12. The molecular formula is C12H19NO3. The lowest BCUT2D eigenvalue weighted by Gasteiger charge is -2.01. The zero-order valence-electron chi connectivity index (χ0n) is 10.1. The molecule has 90 valence electrons. The molecule has 4 heteroatoms. The van der Waals surface area contributed by atoms with Crippen molar-refractivity contribution in [2.24, 2.45) is 5.92 Å². The minimum absolute atomic E-state index is 0.280. The molecule has 16 heavy (non-hydrogen) atoms. The highest BCUT2D eigenvalue weighted by molar-refractivity contribution is 5.89. The van der Waals surface area contributed by atoms with Crippen molar-refractivity contribution in [2.45, 2.75) is 46.5 Å². The zero-order valence-corrected chi connectivity index (χ0v) is 10.1. The summed E-state index contributed by atoms with van der Waals surface area (Å²) in [6, 6.07) is 0. The Morgan fingerprint density at radius 3 is 2.69 bits per heavy atom. The molecule has 0 spiro atoms. The van der Waals surface area contributed by atoms with E-state index < -0.39 is 5.97 Å². The van der Waals surface area contributed by atoms with Crippen LogP contribution in [0, 0.1) is 5.92 Å². The van der Waals surface area contributed by atoms with E-state index in [4.69, 9.17) is 9.63 Å². The van der Waals surface area contributed by atoms with Gasteiger partial charge in [-0.05, 0) is 18.8 Å². The summed E-state index contributed by atoms with van der Waals surface area (Å²) in [5.41, 5.74) is 0.868. The first-order valence-electron chi connectivity index (χ1n) is 5.77. The van der Waals surface area contributed by atoms with Gasteiger partial charge >= 0.3 is 5.97 Å². The number of hydrogen-bond donors (Lipinski definition) is 1. The lowest BCUT2D eigenvalue weighted by molar-refractivity contribution is 0.0693. The van der Waals surface area contributed by atoms with Crippen molar-refractivity contribution in [1.82, 2.24) is 5.16 Å². The van der Waals surface area contributed by atoms with Crippen LogP contribution in [-0.4, -0.2) is 16.2 Å². The molecule has 0 radical (unpaired) electrons. The van der Waals surface area contributed by atoms with Gasteiger partial charge in [-0.25, -0.2) is 4.79 Å². The maximum Gasteiger partial charge on any atom is 0.341 e. The molecule has 0 bridgehead atoms. The number of unbranched alkanes of at least 4 members (excludes halogenated alkanes) is 1. The first kappa shape index (κ1) is 12.7. The maximum atomic E-state index is 11.1. The minimum Gasteiger partial charge on any atom is -0.477 e. The number of carbonyl (C=O) groups is 1. The van der Waals surface area contributed by atoms with Gasteiger partial charge in [0.05, 0.1) is 5.69 Å². The maximum absolute atomic E-state index is 11.1. The number of carboxylic acids is 1. The second-order valence-corrected chi connectivity index (χ2v) is 4.43. The monoisotopic (exact) mass is 225 g/mol. The van der Waals surface area contributed by atoms with E-state index in [0.717, 1.165) is 12.8 Å². The van der Waals surface area contributed by atoms with Gasteiger partial charge in [0, 0.05) is 6.42 Å². The highest BCUT2D eigenvalue weighted by Crippen LogP contribution is 2.19. The number of hydrogen-bond acceptors (Lipinski definition) is 3. The van der Waals surface area contributed by atoms with Crippen LogP contribution < -0.4 is 0 Å². The Kier molecular flexibility index (Phi) is 4.52. The molecule has 0 atom stereocenters. The van der Waals surface area contributed by atoms with E-state index in [1.54, 1.807) is 0 Å². The molecule has 0 aliphatic carbocycles. The first-order valence-corrected chi connectivity index (χ1v) is 5.77. The molecule has 0 saturated heterocycles. The topological polar surface area (TPSA) is 63.3 Å². The van der Waals surface area contributed by atoms with E-state index in [1.165, 1.54) is 0 Å². The van der Waals surface area contributed by atoms with Gasteiger partial charge in [0.2, 0.25) is 0 Å². The van der Waals surface area contributed by atoms with Crippen LogP contribution in [0.2, 0.25) is 0 Å². The SMILES string of the molecule is CCCCc1noc(CC(C)C)c1C(=O)O. The number of rotatable bonds is 6. The van der Waals surface area contributed by atoms with Crippen molar-refractivity contribution in [2.75, 3.05) is 0 Å². The Morgan fingerprint density at radius 1 is 1.50 bits per heavy atom. The molecule has 0 amide bonds. The Bertz CT molecular complexity index is 355. The van der Waals surface area contributed by atoms with Crippen LogP contribution in [0.3, 0.4) is 0 Å². The van der Waals surface area contributed by atoms with E-state index in [0.29, 0.717) is 30.2 Å². The van der Waals surface area contributed by atoms with E-state index in [1.807, 2.05) is 13.8 Å². The number of aromatic nitrogens is 1. The van der Waals surface area contributed by atoms with Crippen LogP contribution >= 0.6 is 0 Å². The van der Waals surface area contributed by atoms with Crippen molar-refractivity contribution in [3.8, 4) is 0 Å². The predicted octanol–water partition coefficient (Wildman–Crippen LogP) is 2.91. The standard InChI is InChI=1S/C12H19NO3/c1-4-5-6-9-11(12(14)15)10(16-13-9)7-8(2)3/h8H,4-7H2,1-3H3,(H,14,15). The third-order valence-corrected chi connectivity index (χ3v) is 2.41. The summed E-state index contributed by atoms with van der Waals surface area (Å²) >= 11 is 0. The number of aryl methyl sites for hydroxylation is 1. The summed E-state index contributed by atoms with van der Waals surface area (Å²) in [4.78, 5) is 11.1. The highest BCUT2D eigenvalue weighted by atomic mass is 16.5. The highest BCUT2D eigenvalue weighted by Gasteiger charge is 2.22. The second kappa shape index (κ2) is 5.68. The van der Waals surface area contributed by atoms with Crippen molar-refractivity contribution in [3.05, 3.63) is 17.0 Å².